The molecule has 8 bridgehead atoms. The molecule has 16 heteroatoms. The van der Waals surface area contributed by atoms with Crippen molar-refractivity contribution in [3.05, 3.63) is 116 Å². The van der Waals surface area contributed by atoms with Crippen molar-refractivity contribution in [1.82, 2.24) is 9.97 Å². The summed E-state index contributed by atoms with van der Waals surface area (Å²) < 4.78 is 190. The molecule has 0 spiro atoms. The van der Waals surface area contributed by atoms with E-state index >= 15 is 0 Å². The Morgan fingerprint density at radius 1 is 0.357 bits per heavy atom. The van der Waals surface area contributed by atoms with Gasteiger partial charge in [-0.3, -0.25) is 9.97 Å². The summed E-state index contributed by atoms with van der Waals surface area (Å²) in [7, 11) is 2.34. The number of fused-ring (bicyclic) bond motifs is 8. The van der Waals surface area contributed by atoms with Crippen molar-refractivity contribution in [1.29, 1.82) is 0 Å². The second-order valence-electron chi connectivity index (χ2n) is 15.9. The number of benzene rings is 2. The molecule has 2 aromatic carbocycles. The summed E-state index contributed by atoms with van der Waals surface area (Å²) in [6.45, 7) is 10.0. The molecule has 0 saturated carbocycles. The van der Waals surface area contributed by atoms with Gasteiger partial charge in [-0.05, 0) is 34.4 Å². The molecule has 0 radical (unpaired) electrons. The first kappa shape index (κ1) is 42.6. The van der Waals surface area contributed by atoms with E-state index < -0.39 is 90.9 Å². The van der Waals surface area contributed by atoms with Crippen LogP contribution in [-0.2, 0) is 46.4 Å². The highest BCUT2D eigenvalue weighted by molar-refractivity contribution is 5.57. The van der Waals surface area contributed by atoms with Gasteiger partial charge in [0.25, 0.3) is 0 Å². The monoisotopic (exact) mass is 806 g/mol. The lowest BCUT2D eigenvalue weighted by Gasteiger charge is -2.37. The van der Waals surface area contributed by atoms with Crippen LogP contribution in [0.25, 0.3) is 0 Å². The number of aromatic nitrogens is 2. The van der Waals surface area contributed by atoms with Crippen LogP contribution in [0.3, 0.4) is 0 Å². The molecule has 1 aliphatic rings. The van der Waals surface area contributed by atoms with Crippen molar-refractivity contribution in [2.45, 2.75) is 102 Å². The average Bonchev–Trinajstić information content (AvgIpc) is 3.07. The van der Waals surface area contributed by atoms with Crippen LogP contribution in [0.4, 0.5) is 52.7 Å². The van der Waals surface area contributed by atoms with Crippen LogP contribution in [0, 0.1) is 0 Å². The van der Waals surface area contributed by atoms with Crippen LogP contribution in [0.1, 0.15) is 123 Å². The van der Waals surface area contributed by atoms with E-state index in [4.69, 9.17) is 9.47 Å². The SMILES string of the molecule is COc1cc2nc(c1)C(C)(C)c1cc(c(C(F)(F)F)cc1C(F)(F)F)C(C)(C)c1cc(OC)cc(n1)C(C)(C)c1cc(c(C(F)(F)F)cc1C(F)(F)F)C2(C)C. The van der Waals surface area contributed by atoms with Crippen molar-refractivity contribution in [2.75, 3.05) is 14.2 Å². The quantitative estimate of drug-likeness (QED) is 0.189. The predicted octanol–water partition coefficient (Wildman–Crippen LogP) is 12.2. The number of pyridine rings is 2. The van der Waals surface area contributed by atoms with E-state index in [0.717, 1.165) is 12.1 Å². The van der Waals surface area contributed by atoms with Crippen LogP contribution < -0.4 is 9.47 Å². The number of halogens is 12. The van der Waals surface area contributed by atoms with Gasteiger partial charge < -0.3 is 9.47 Å². The lowest BCUT2D eigenvalue weighted by Crippen LogP contribution is -2.34. The fourth-order valence-corrected chi connectivity index (χ4v) is 7.29. The molecule has 4 nitrogen and oxygen atoms in total. The fourth-order valence-electron chi connectivity index (χ4n) is 7.29. The number of alkyl halides is 12. The predicted molar refractivity (Wildman–Crippen MR) is 183 cm³/mol. The van der Waals surface area contributed by atoms with E-state index in [1.54, 1.807) is 0 Å². The minimum atomic E-state index is -5.35. The van der Waals surface area contributed by atoms with Gasteiger partial charge in [0, 0.05) is 45.9 Å². The lowest BCUT2D eigenvalue weighted by atomic mass is 9.70. The Balaban J connectivity index is 2.12. The minimum absolute atomic E-state index is 0.00334. The molecule has 0 aliphatic carbocycles. The molecule has 304 valence electrons. The molecule has 0 unspecified atom stereocenters. The van der Waals surface area contributed by atoms with Crippen LogP contribution >= 0.6 is 0 Å². The van der Waals surface area contributed by atoms with E-state index in [-0.39, 0.29) is 46.4 Å². The maximum atomic E-state index is 14.9. The molecule has 2 aromatic heterocycles. The largest absolute Gasteiger partial charge is 0.497 e. The van der Waals surface area contributed by atoms with Gasteiger partial charge in [0.15, 0.2) is 0 Å². The first-order valence-electron chi connectivity index (χ1n) is 17.0. The maximum Gasteiger partial charge on any atom is 0.416 e. The first-order chi connectivity index (χ1) is 25.2. The Hall–Kier alpha value is -4.50. The van der Waals surface area contributed by atoms with Crippen molar-refractivity contribution in [2.24, 2.45) is 0 Å². The summed E-state index contributed by atoms with van der Waals surface area (Å²) in [5, 5.41) is 0. The third-order valence-electron chi connectivity index (χ3n) is 10.9. The molecule has 0 atom stereocenters. The minimum Gasteiger partial charge on any atom is -0.497 e. The molecule has 5 rings (SSSR count). The van der Waals surface area contributed by atoms with E-state index in [0.29, 0.717) is 0 Å². The van der Waals surface area contributed by atoms with Gasteiger partial charge in [0.1, 0.15) is 11.5 Å². The summed E-state index contributed by atoms with van der Waals surface area (Å²) in [4.78, 5) is 9.08. The first-order valence-corrected chi connectivity index (χ1v) is 17.0. The molecule has 0 saturated heterocycles. The molecule has 3 heterocycles. The number of ether oxygens (including phenoxy) is 2. The summed E-state index contributed by atoms with van der Waals surface area (Å²) in [6.07, 6.45) is -21.4. The van der Waals surface area contributed by atoms with Crippen LogP contribution in [-0.4, -0.2) is 24.2 Å². The van der Waals surface area contributed by atoms with Crippen LogP contribution in [0.15, 0.2) is 48.5 Å². The van der Waals surface area contributed by atoms with E-state index in [1.807, 2.05) is 0 Å². The Bertz CT molecular complexity index is 1900. The van der Waals surface area contributed by atoms with Crippen molar-refractivity contribution >= 4 is 0 Å². The number of rotatable bonds is 2. The maximum absolute atomic E-state index is 14.9. The Morgan fingerprint density at radius 2 is 0.554 bits per heavy atom. The van der Waals surface area contributed by atoms with Crippen LogP contribution in [0.2, 0.25) is 0 Å². The van der Waals surface area contributed by atoms with Crippen molar-refractivity contribution < 1.29 is 62.2 Å². The number of methoxy groups -OCH3 is 2. The smallest absolute Gasteiger partial charge is 0.416 e. The van der Waals surface area contributed by atoms with Gasteiger partial charge >= 0.3 is 24.7 Å². The second-order valence-corrected chi connectivity index (χ2v) is 15.9. The van der Waals surface area contributed by atoms with Gasteiger partial charge in [0.2, 0.25) is 0 Å². The fraction of sp³-hybridized carbons (Fsp3) is 0.450. The topological polar surface area (TPSA) is 44.2 Å². The standard InChI is InChI=1S/C40H38F12N2O2/c1-33(2)21-15-22(26(38(44,45)46)17-25(21)37(41,42)43)34(3,4)31-13-20(56-10)14-32(54-31)36(7,8)24-16-23(27(39(47,48)49)18-28(24)40(50,51)52)35(5,6)30-12-19(55-9)11-29(33)53-30/h11-18H,1-10H3. The Kier molecular flexibility index (Phi) is 9.91. The zero-order valence-corrected chi connectivity index (χ0v) is 31.9. The normalized spacial score (nSPS) is 17.7. The molecule has 4 aromatic rings. The van der Waals surface area contributed by atoms with E-state index in [1.165, 1.54) is 93.9 Å². The third kappa shape index (κ3) is 7.16. The lowest BCUT2D eigenvalue weighted by molar-refractivity contribution is -0.145. The van der Waals surface area contributed by atoms with E-state index in [2.05, 4.69) is 9.97 Å². The Labute approximate surface area is 315 Å². The van der Waals surface area contributed by atoms with Gasteiger partial charge in [0.05, 0.1) is 59.2 Å². The number of hydrogen-bond donors (Lipinski definition) is 0. The zero-order chi connectivity index (χ0) is 42.6. The summed E-state index contributed by atoms with van der Waals surface area (Å²) in [6, 6.07) is 6.34. The molecular weight excluding hydrogens is 768 g/mol. The zero-order valence-electron chi connectivity index (χ0n) is 31.9. The highest BCUT2D eigenvalue weighted by Gasteiger charge is 2.49. The van der Waals surface area contributed by atoms with E-state index in [9.17, 15) is 52.7 Å². The van der Waals surface area contributed by atoms with Gasteiger partial charge in [-0.25, -0.2) is 0 Å². The average molecular weight is 807 g/mol. The molecule has 1 aliphatic heterocycles. The summed E-state index contributed by atoms with van der Waals surface area (Å²) in [5.41, 5.74) is -18.0. The molecule has 0 N–H and O–H groups in total. The summed E-state index contributed by atoms with van der Waals surface area (Å²) in [5.74, 6) is -0.193. The van der Waals surface area contributed by atoms with Gasteiger partial charge in [-0.2, -0.15) is 52.7 Å². The Morgan fingerprint density at radius 3 is 0.714 bits per heavy atom. The second kappa shape index (κ2) is 13.0. The number of hydrogen-bond acceptors (Lipinski definition) is 4. The molecular formula is C40H38F12N2O2. The van der Waals surface area contributed by atoms with Crippen LogP contribution in [0.5, 0.6) is 11.5 Å². The highest BCUT2D eigenvalue weighted by Crippen LogP contribution is 2.52. The van der Waals surface area contributed by atoms with Crippen molar-refractivity contribution in [3.63, 3.8) is 0 Å². The molecule has 0 fully saturated rings. The van der Waals surface area contributed by atoms with Gasteiger partial charge in [-0.1, -0.05) is 67.5 Å². The summed E-state index contributed by atoms with van der Waals surface area (Å²) >= 11 is 0. The highest BCUT2D eigenvalue weighted by atomic mass is 19.4. The van der Waals surface area contributed by atoms with Crippen molar-refractivity contribution in [3.8, 4) is 11.5 Å². The third-order valence-corrected chi connectivity index (χ3v) is 10.9. The molecule has 0 amide bonds. The van der Waals surface area contributed by atoms with Gasteiger partial charge in [-0.15, -0.1) is 0 Å². The number of nitrogens with zero attached hydrogens (tertiary/aromatic N) is 2. The molecule has 56 heavy (non-hydrogen) atoms.